The minimum absolute atomic E-state index is 0.149. The van der Waals surface area contributed by atoms with E-state index in [1.807, 2.05) is 12.1 Å². The molecule has 0 aromatic heterocycles. The summed E-state index contributed by atoms with van der Waals surface area (Å²) in [5.41, 5.74) is 2.41. The van der Waals surface area contributed by atoms with Crippen LogP contribution in [-0.4, -0.2) is 12.2 Å². The van der Waals surface area contributed by atoms with Gasteiger partial charge in [0.1, 0.15) is 12.1 Å². The summed E-state index contributed by atoms with van der Waals surface area (Å²) in [6, 6.07) is 8.26. The lowest BCUT2D eigenvalue weighted by molar-refractivity contribution is 0.0441. The number of nitrogens with zero attached hydrogens (tertiary/aromatic N) is 2. The molecule has 1 aromatic rings. The van der Waals surface area contributed by atoms with Gasteiger partial charge in [-0.2, -0.15) is 10.5 Å². The first-order valence-corrected chi connectivity index (χ1v) is 11.7. The molecule has 0 radical (unpaired) electrons. The molecule has 1 aromatic carbocycles. The normalized spacial score (nSPS) is 12.9. The van der Waals surface area contributed by atoms with Gasteiger partial charge in [0.05, 0.1) is 36.5 Å². The highest BCUT2D eigenvalue weighted by Crippen LogP contribution is 2.22. The van der Waals surface area contributed by atoms with Crippen LogP contribution in [0.25, 0.3) is 0 Å². The van der Waals surface area contributed by atoms with E-state index in [9.17, 15) is 10.5 Å². The van der Waals surface area contributed by atoms with E-state index in [4.69, 9.17) is 9.47 Å². The molecule has 0 bridgehead atoms. The van der Waals surface area contributed by atoms with Crippen LogP contribution in [0, 0.1) is 22.7 Å². The highest BCUT2D eigenvalue weighted by atomic mass is 16.5. The fourth-order valence-corrected chi connectivity index (χ4v) is 3.53. The van der Waals surface area contributed by atoms with Crippen molar-refractivity contribution in [1.82, 2.24) is 0 Å². The summed E-state index contributed by atoms with van der Waals surface area (Å²) in [5.74, 6) is 0. The molecule has 0 amide bonds. The van der Waals surface area contributed by atoms with E-state index in [2.05, 4.69) is 39.8 Å². The molecule has 30 heavy (non-hydrogen) atoms. The maximum atomic E-state index is 9.67. The Morgan fingerprint density at radius 2 is 1.10 bits per heavy atom. The Balaban J connectivity index is 2.65. The van der Waals surface area contributed by atoms with E-state index >= 15 is 0 Å². The molecule has 0 N–H and O–H groups in total. The van der Waals surface area contributed by atoms with Gasteiger partial charge < -0.3 is 9.47 Å². The van der Waals surface area contributed by atoms with E-state index in [0.29, 0.717) is 24.3 Å². The largest absolute Gasteiger partial charge is 0.374 e. The summed E-state index contributed by atoms with van der Waals surface area (Å²) in [4.78, 5) is 0. The lowest BCUT2D eigenvalue weighted by Gasteiger charge is -2.17. The van der Waals surface area contributed by atoms with E-state index in [0.717, 1.165) is 36.8 Å². The Bertz CT molecular complexity index is 628. The molecule has 0 spiro atoms. The van der Waals surface area contributed by atoms with Crippen molar-refractivity contribution in [3.8, 4) is 12.1 Å². The number of hydrogen-bond acceptors (Lipinski definition) is 4. The van der Waals surface area contributed by atoms with Crippen molar-refractivity contribution < 1.29 is 9.47 Å². The minimum atomic E-state index is 0.149. The van der Waals surface area contributed by atoms with Crippen LogP contribution in [-0.2, 0) is 22.7 Å². The van der Waals surface area contributed by atoms with E-state index in [1.54, 1.807) is 0 Å². The zero-order valence-electron chi connectivity index (χ0n) is 19.5. The maximum absolute atomic E-state index is 9.67. The summed E-state index contributed by atoms with van der Waals surface area (Å²) >= 11 is 0. The Labute approximate surface area is 184 Å². The predicted octanol–water partition coefficient (Wildman–Crippen LogP) is 7.18. The number of benzene rings is 1. The summed E-state index contributed by atoms with van der Waals surface area (Å²) in [6.07, 6.45) is 12.1. The Morgan fingerprint density at radius 3 is 1.43 bits per heavy atom. The van der Waals surface area contributed by atoms with Crippen LogP contribution in [0.15, 0.2) is 12.1 Å². The van der Waals surface area contributed by atoms with Crippen molar-refractivity contribution in [3.63, 3.8) is 0 Å². The zero-order chi connectivity index (χ0) is 22.2. The molecule has 4 nitrogen and oxygen atoms in total. The molecule has 0 fully saturated rings. The molecule has 2 unspecified atom stereocenters. The van der Waals surface area contributed by atoms with E-state index < -0.39 is 0 Å². The Hall–Kier alpha value is -1.88. The van der Waals surface area contributed by atoms with Crippen molar-refractivity contribution >= 4 is 0 Å². The molecule has 0 aliphatic carbocycles. The van der Waals surface area contributed by atoms with Gasteiger partial charge in [0, 0.05) is 0 Å². The third kappa shape index (κ3) is 9.75. The topological polar surface area (TPSA) is 66.0 Å². The van der Waals surface area contributed by atoms with Crippen molar-refractivity contribution in [3.05, 3.63) is 34.4 Å². The number of hydrogen-bond donors (Lipinski definition) is 0. The predicted molar refractivity (Wildman–Crippen MR) is 122 cm³/mol. The molecule has 0 aliphatic rings. The van der Waals surface area contributed by atoms with Crippen LogP contribution >= 0.6 is 0 Å². The molecule has 166 valence electrons. The third-order valence-electron chi connectivity index (χ3n) is 5.58. The maximum Gasteiger partial charge on any atom is 0.101 e. The molecule has 0 saturated heterocycles. The van der Waals surface area contributed by atoms with Gasteiger partial charge in [-0.1, -0.05) is 77.3 Å². The lowest BCUT2D eigenvalue weighted by Crippen LogP contribution is -2.11. The van der Waals surface area contributed by atoms with Crippen LogP contribution in [0.2, 0.25) is 0 Å². The van der Waals surface area contributed by atoms with Crippen molar-refractivity contribution in [2.75, 3.05) is 0 Å². The zero-order valence-corrected chi connectivity index (χ0v) is 19.5. The number of ether oxygens (including phenoxy) is 2. The Kier molecular flexibility index (Phi) is 13.9. The molecule has 4 heteroatoms. The molecule has 0 saturated carbocycles. The van der Waals surface area contributed by atoms with E-state index in [-0.39, 0.29) is 12.2 Å². The molecule has 1 rings (SSSR count). The molecular formula is C26H40N2O2. The molecule has 2 atom stereocenters. The van der Waals surface area contributed by atoms with Gasteiger partial charge in [-0.25, -0.2) is 0 Å². The van der Waals surface area contributed by atoms with Crippen LogP contribution < -0.4 is 0 Å². The van der Waals surface area contributed by atoms with Crippen LogP contribution in [0.4, 0.5) is 0 Å². The first-order valence-electron chi connectivity index (χ1n) is 11.7. The first-order chi connectivity index (χ1) is 14.6. The summed E-state index contributed by atoms with van der Waals surface area (Å²) in [6.45, 7) is 9.29. The number of nitriles is 2. The quantitative estimate of drug-likeness (QED) is 0.270. The number of rotatable bonds is 16. The van der Waals surface area contributed by atoms with Crippen molar-refractivity contribution in [1.29, 1.82) is 10.5 Å². The van der Waals surface area contributed by atoms with Crippen LogP contribution in [0.1, 0.15) is 114 Å². The fourth-order valence-electron chi connectivity index (χ4n) is 3.53. The lowest BCUT2D eigenvalue weighted by atomic mass is 9.98. The van der Waals surface area contributed by atoms with Crippen molar-refractivity contribution in [2.45, 2.75) is 117 Å². The second kappa shape index (κ2) is 15.9. The van der Waals surface area contributed by atoms with Crippen molar-refractivity contribution in [2.24, 2.45) is 0 Å². The monoisotopic (exact) mass is 412 g/mol. The van der Waals surface area contributed by atoms with Gasteiger partial charge >= 0.3 is 0 Å². The second-order valence-corrected chi connectivity index (χ2v) is 8.30. The SMILES string of the molecule is CCCCCCC(C)OCc1ccc(COC(C)CCCCCC)c(C#N)c1C#N. The van der Waals surface area contributed by atoms with Crippen LogP contribution in [0.5, 0.6) is 0 Å². The first kappa shape index (κ1) is 26.2. The molecular weight excluding hydrogens is 372 g/mol. The second-order valence-electron chi connectivity index (χ2n) is 8.30. The van der Waals surface area contributed by atoms with Crippen LogP contribution in [0.3, 0.4) is 0 Å². The standard InChI is InChI=1S/C26H40N2O2/c1-5-7-9-11-13-21(3)29-19-23-15-16-24(26(18-28)25(23)17-27)20-30-22(4)14-12-10-8-6-2/h15-16,21-22H,5-14,19-20H2,1-4H3. The Morgan fingerprint density at radius 1 is 0.700 bits per heavy atom. The summed E-state index contributed by atoms with van der Waals surface area (Å²) in [5, 5.41) is 19.3. The molecule has 0 heterocycles. The summed E-state index contributed by atoms with van der Waals surface area (Å²) < 4.78 is 11.9. The minimum Gasteiger partial charge on any atom is -0.374 e. The van der Waals surface area contributed by atoms with Gasteiger partial charge in [-0.15, -0.1) is 0 Å². The van der Waals surface area contributed by atoms with Gasteiger partial charge in [-0.3, -0.25) is 0 Å². The third-order valence-corrected chi connectivity index (χ3v) is 5.58. The van der Waals surface area contributed by atoms with Gasteiger partial charge in [0.15, 0.2) is 0 Å². The number of unbranched alkanes of at least 4 members (excludes halogenated alkanes) is 6. The average Bonchev–Trinajstić information content (AvgIpc) is 2.76. The highest BCUT2D eigenvalue weighted by Gasteiger charge is 2.15. The fraction of sp³-hybridized carbons (Fsp3) is 0.692. The summed E-state index contributed by atoms with van der Waals surface area (Å²) in [7, 11) is 0. The highest BCUT2D eigenvalue weighted by molar-refractivity contribution is 5.54. The van der Waals surface area contributed by atoms with E-state index in [1.165, 1.54) is 38.5 Å². The molecule has 0 aliphatic heterocycles. The van der Waals surface area contributed by atoms with Gasteiger partial charge in [-0.05, 0) is 37.8 Å². The van der Waals surface area contributed by atoms with Gasteiger partial charge in [0.2, 0.25) is 0 Å². The average molecular weight is 413 g/mol. The van der Waals surface area contributed by atoms with Gasteiger partial charge in [0.25, 0.3) is 0 Å². The smallest absolute Gasteiger partial charge is 0.101 e.